The topological polar surface area (TPSA) is 74.8 Å². The first-order valence-electron chi connectivity index (χ1n) is 8.08. The summed E-state index contributed by atoms with van der Waals surface area (Å²) >= 11 is 0. The van der Waals surface area contributed by atoms with Gasteiger partial charge in [0.1, 0.15) is 0 Å². The van der Waals surface area contributed by atoms with Gasteiger partial charge in [0, 0.05) is 25.4 Å². The average molecular weight is 335 g/mol. The van der Waals surface area contributed by atoms with Crippen LogP contribution < -0.4 is 0 Å². The largest absolute Gasteiger partial charge is 0.342 e. The summed E-state index contributed by atoms with van der Waals surface area (Å²) in [5, 5.41) is 14.0. The van der Waals surface area contributed by atoms with Crippen LogP contribution in [0.25, 0.3) is 0 Å². The molecule has 8 heteroatoms. The van der Waals surface area contributed by atoms with Crippen molar-refractivity contribution >= 4 is 5.91 Å². The Morgan fingerprint density at radius 1 is 1.33 bits per heavy atom. The number of carbonyl (C=O) groups excluding carboxylic acids is 1. The van der Waals surface area contributed by atoms with E-state index in [4.69, 9.17) is 0 Å². The van der Waals surface area contributed by atoms with Crippen LogP contribution in [0.1, 0.15) is 43.0 Å². The minimum atomic E-state index is -0.851. The number of hydrogen-bond acceptors (Lipinski definition) is 4. The highest BCUT2D eigenvalue weighted by atomic mass is 19.2. The number of piperidine rings is 1. The Balaban J connectivity index is 1.48. The quantitative estimate of drug-likeness (QED) is 0.909. The highest BCUT2D eigenvalue weighted by Crippen LogP contribution is 2.24. The summed E-state index contributed by atoms with van der Waals surface area (Å²) < 4.78 is 26.1. The number of tetrazole rings is 1. The predicted octanol–water partition coefficient (Wildman–Crippen LogP) is 2.21. The van der Waals surface area contributed by atoms with Gasteiger partial charge >= 0.3 is 0 Å². The van der Waals surface area contributed by atoms with Gasteiger partial charge in [0.2, 0.25) is 5.91 Å². The molecule has 1 saturated heterocycles. The van der Waals surface area contributed by atoms with Crippen LogP contribution in [0.5, 0.6) is 0 Å². The molecule has 128 valence electrons. The summed E-state index contributed by atoms with van der Waals surface area (Å²) in [5.41, 5.74) is 0.699. The molecule has 6 nitrogen and oxygen atoms in total. The highest BCUT2D eigenvalue weighted by Gasteiger charge is 2.26. The number of amides is 1. The molecule has 0 bridgehead atoms. The zero-order valence-corrected chi connectivity index (χ0v) is 13.2. The van der Waals surface area contributed by atoms with Crippen molar-refractivity contribution in [2.45, 2.75) is 38.0 Å². The van der Waals surface area contributed by atoms with Crippen molar-refractivity contribution in [3.8, 4) is 0 Å². The van der Waals surface area contributed by atoms with E-state index < -0.39 is 11.6 Å². The van der Waals surface area contributed by atoms with Gasteiger partial charge < -0.3 is 4.90 Å². The second kappa shape index (κ2) is 7.46. The first-order chi connectivity index (χ1) is 11.6. The number of hydrogen-bond donors (Lipinski definition) is 1. The van der Waals surface area contributed by atoms with E-state index in [2.05, 4.69) is 20.6 Å². The number of halogens is 2. The van der Waals surface area contributed by atoms with E-state index >= 15 is 0 Å². The molecule has 0 spiro atoms. The van der Waals surface area contributed by atoms with E-state index in [1.54, 1.807) is 6.07 Å². The molecule has 1 N–H and O–H groups in total. The third-order valence-corrected chi connectivity index (χ3v) is 4.34. The molecule has 0 radical (unpaired) electrons. The molecule has 1 amide bonds. The molecule has 1 atom stereocenters. The van der Waals surface area contributed by atoms with Crippen molar-refractivity contribution in [1.82, 2.24) is 25.5 Å². The van der Waals surface area contributed by atoms with Crippen LogP contribution in [-0.4, -0.2) is 44.5 Å². The molecule has 0 aliphatic carbocycles. The number of aromatic nitrogens is 4. The maximum absolute atomic E-state index is 13.2. The van der Waals surface area contributed by atoms with Crippen molar-refractivity contribution in [3.63, 3.8) is 0 Å². The normalized spacial score (nSPS) is 17.9. The van der Waals surface area contributed by atoms with Crippen molar-refractivity contribution in [1.29, 1.82) is 0 Å². The molecule has 3 rings (SSSR count). The highest BCUT2D eigenvalue weighted by molar-refractivity contribution is 5.76. The van der Waals surface area contributed by atoms with Crippen LogP contribution >= 0.6 is 0 Å². The Hall–Kier alpha value is -2.38. The fraction of sp³-hybridized carbons (Fsp3) is 0.500. The smallest absolute Gasteiger partial charge is 0.222 e. The van der Waals surface area contributed by atoms with Gasteiger partial charge in [-0.3, -0.25) is 4.79 Å². The van der Waals surface area contributed by atoms with Gasteiger partial charge in [-0.1, -0.05) is 11.3 Å². The second-order valence-corrected chi connectivity index (χ2v) is 6.05. The summed E-state index contributed by atoms with van der Waals surface area (Å²) in [5.74, 6) is -0.860. The third kappa shape index (κ3) is 3.93. The van der Waals surface area contributed by atoms with Crippen LogP contribution in [0.15, 0.2) is 18.2 Å². The van der Waals surface area contributed by atoms with Gasteiger partial charge in [-0.05, 0) is 43.4 Å². The maximum Gasteiger partial charge on any atom is 0.222 e. The number of carbonyl (C=O) groups is 1. The molecule has 2 aromatic rings. The molecule has 1 aromatic carbocycles. The van der Waals surface area contributed by atoms with Crippen molar-refractivity contribution in [2.75, 3.05) is 13.1 Å². The molecule has 1 aliphatic rings. The van der Waals surface area contributed by atoms with Crippen LogP contribution in [0.4, 0.5) is 8.78 Å². The Morgan fingerprint density at radius 3 is 2.96 bits per heavy atom. The second-order valence-electron chi connectivity index (χ2n) is 6.05. The van der Waals surface area contributed by atoms with Crippen LogP contribution in [0.2, 0.25) is 0 Å². The number of aromatic amines is 1. The Bertz CT molecular complexity index is 692. The molecule has 1 aliphatic heterocycles. The lowest BCUT2D eigenvalue weighted by molar-refractivity contribution is -0.132. The minimum Gasteiger partial charge on any atom is -0.342 e. The third-order valence-electron chi connectivity index (χ3n) is 4.34. The molecule has 0 saturated carbocycles. The first-order valence-corrected chi connectivity index (χ1v) is 8.08. The summed E-state index contributed by atoms with van der Waals surface area (Å²) in [7, 11) is 0. The molecule has 0 unspecified atom stereocenters. The molecular formula is C16H19F2N5O. The van der Waals surface area contributed by atoms with Gasteiger partial charge in [-0.2, -0.15) is 5.21 Å². The van der Waals surface area contributed by atoms with Crippen molar-refractivity contribution < 1.29 is 13.6 Å². The van der Waals surface area contributed by atoms with E-state index in [1.807, 2.05) is 4.90 Å². The SMILES string of the molecule is O=C(CCCc1ccc(F)c(F)c1)N1CCC[C@H](c2nn[nH]n2)C1. The summed E-state index contributed by atoms with van der Waals surface area (Å²) in [6.45, 7) is 1.34. The summed E-state index contributed by atoms with van der Waals surface area (Å²) in [6.07, 6.45) is 3.39. The van der Waals surface area contributed by atoms with Gasteiger partial charge in [-0.25, -0.2) is 8.78 Å². The zero-order chi connectivity index (χ0) is 16.9. The minimum absolute atomic E-state index is 0.0748. The van der Waals surface area contributed by atoms with Crippen LogP contribution in [0.3, 0.4) is 0 Å². The molecule has 2 heterocycles. The van der Waals surface area contributed by atoms with E-state index in [-0.39, 0.29) is 11.8 Å². The fourth-order valence-corrected chi connectivity index (χ4v) is 3.05. The first kappa shape index (κ1) is 16.5. The standard InChI is InChI=1S/C16H19F2N5O/c17-13-7-6-11(9-14(13)18)3-1-5-15(24)23-8-2-4-12(10-23)16-19-21-22-20-16/h6-7,9,12H,1-5,8,10H2,(H,19,20,21,22)/t12-/m0/s1. The van der Waals surface area contributed by atoms with Crippen molar-refractivity contribution in [2.24, 2.45) is 0 Å². The fourth-order valence-electron chi connectivity index (χ4n) is 3.05. The van der Waals surface area contributed by atoms with E-state index in [9.17, 15) is 13.6 Å². The number of nitrogens with zero attached hydrogens (tertiary/aromatic N) is 4. The number of rotatable bonds is 5. The van der Waals surface area contributed by atoms with Crippen LogP contribution in [-0.2, 0) is 11.2 Å². The number of aryl methyl sites for hydroxylation is 1. The van der Waals surface area contributed by atoms with Gasteiger partial charge in [-0.15, -0.1) is 10.2 Å². The average Bonchev–Trinajstić information content (AvgIpc) is 3.13. The Kier molecular flexibility index (Phi) is 5.12. The van der Waals surface area contributed by atoms with E-state index in [0.717, 1.165) is 25.5 Å². The molecule has 1 aromatic heterocycles. The van der Waals surface area contributed by atoms with E-state index in [1.165, 1.54) is 6.07 Å². The monoisotopic (exact) mass is 335 g/mol. The van der Waals surface area contributed by atoms with Crippen molar-refractivity contribution in [3.05, 3.63) is 41.2 Å². The molecular weight excluding hydrogens is 316 g/mol. The number of nitrogens with one attached hydrogen (secondary N) is 1. The molecule has 1 fully saturated rings. The predicted molar refractivity (Wildman–Crippen MR) is 82.0 cm³/mol. The number of benzene rings is 1. The lowest BCUT2D eigenvalue weighted by Crippen LogP contribution is -2.39. The Labute approximate surface area is 138 Å². The zero-order valence-electron chi connectivity index (χ0n) is 13.2. The lowest BCUT2D eigenvalue weighted by atomic mass is 9.97. The van der Waals surface area contributed by atoms with E-state index in [0.29, 0.717) is 37.2 Å². The lowest BCUT2D eigenvalue weighted by Gasteiger charge is -2.31. The number of H-pyrrole nitrogens is 1. The summed E-state index contributed by atoms with van der Waals surface area (Å²) in [4.78, 5) is 14.2. The maximum atomic E-state index is 13.2. The van der Waals surface area contributed by atoms with Gasteiger partial charge in [0.25, 0.3) is 0 Å². The van der Waals surface area contributed by atoms with Crippen LogP contribution in [0, 0.1) is 11.6 Å². The Morgan fingerprint density at radius 2 is 2.21 bits per heavy atom. The van der Waals surface area contributed by atoms with Gasteiger partial charge in [0.15, 0.2) is 17.5 Å². The summed E-state index contributed by atoms with van der Waals surface area (Å²) in [6, 6.07) is 3.86. The molecule has 24 heavy (non-hydrogen) atoms. The van der Waals surface area contributed by atoms with Gasteiger partial charge in [0.05, 0.1) is 0 Å². The number of likely N-dealkylation sites (tertiary alicyclic amines) is 1.